The van der Waals surface area contributed by atoms with Gasteiger partial charge in [-0.3, -0.25) is 0 Å². The van der Waals surface area contributed by atoms with Gasteiger partial charge in [-0.25, -0.2) is 9.97 Å². The third kappa shape index (κ3) is 2.73. The minimum atomic E-state index is 0.0989. The topological polar surface area (TPSA) is 64.3 Å². The summed E-state index contributed by atoms with van der Waals surface area (Å²) in [6.45, 7) is 8.09. The smallest absolute Gasteiger partial charge is 0.132 e. The summed E-state index contributed by atoms with van der Waals surface area (Å²) in [7, 11) is 0. The second kappa shape index (κ2) is 4.98. The molecule has 1 fully saturated rings. The molecule has 0 aliphatic carbocycles. The first kappa shape index (κ1) is 12.3. The van der Waals surface area contributed by atoms with Crippen LogP contribution in [0.5, 0.6) is 0 Å². The molecule has 1 saturated heterocycles. The molecule has 0 aromatic carbocycles. The molecule has 2 atom stereocenters. The summed E-state index contributed by atoms with van der Waals surface area (Å²) in [4.78, 5) is 11.0. The first-order valence-electron chi connectivity index (χ1n) is 6.00. The van der Waals surface area contributed by atoms with E-state index < -0.39 is 0 Å². The number of aromatic nitrogens is 2. The highest BCUT2D eigenvalue weighted by atomic mass is 16.5. The van der Waals surface area contributed by atoms with Gasteiger partial charge < -0.3 is 15.4 Å². The van der Waals surface area contributed by atoms with Crippen LogP contribution in [0.1, 0.15) is 18.4 Å². The third-order valence-corrected chi connectivity index (χ3v) is 3.02. The van der Waals surface area contributed by atoms with Crippen LogP contribution in [0.25, 0.3) is 0 Å². The molecule has 5 nitrogen and oxygen atoms in total. The average molecular weight is 236 g/mol. The molecule has 2 heterocycles. The number of morpholine rings is 1. The van der Waals surface area contributed by atoms with E-state index in [9.17, 15) is 0 Å². The van der Waals surface area contributed by atoms with Crippen molar-refractivity contribution in [3.8, 4) is 0 Å². The van der Waals surface area contributed by atoms with E-state index in [0.29, 0.717) is 19.2 Å². The van der Waals surface area contributed by atoms with Crippen molar-refractivity contribution in [3.63, 3.8) is 0 Å². The van der Waals surface area contributed by atoms with Gasteiger partial charge >= 0.3 is 0 Å². The molecule has 0 spiro atoms. The summed E-state index contributed by atoms with van der Waals surface area (Å²) in [5, 5.41) is 0. The number of nitrogens with zero attached hydrogens (tertiary/aromatic N) is 3. The Bertz CT molecular complexity index is 376. The summed E-state index contributed by atoms with van der Waals surface area (Å²) < 4.78 is 5.64. The second-order valence-corrected chi connectivity index (χ2v) is 4.61. The molecule has 2 rings (SSSR count). The van der Waals surface area contributed by atoms with Gasteiger partial charge in [0, 0.05) is 24.8 Å². The number of anilines is 1. The van der Waals surface area contributed by atoms with Crippen molar-refractivity contribution < 1.29 is 4.74 Å². The van der Waals surface area contributed by atoms with Gasteiger partial charge in [-0.1, -0.05) is 0 Å². The maximum Gasteiger partial charge on any atom is 0.132 e. The highest BCUT2D eigenvalue weighted by Crippen LogP contribution is 2.20. The molecule has 94 valence electrons. The van der Waals surface area contributed by atoms with Crippen LogP contribution >= 0.6 is 0 Å². The molecule has 1 aliphatic rings. The molecular formula is C12H20N4O. The molecule has 0 amide bonds. The van der Waals surface area contributed by atoms with Crippen LogP contribution in [0.2, 0.25) is 0 Å². The lowest BCUT2D eigenvalue weighted by Crippen LogP contribution is -2.51. The first-order chi connectivity index (χ1) is 8.10. The SMILES string of the molecule is Cc1cc(N2CC(CN)OCC2C)nc(C)n1. The minimum Gasteiger partial charge on any atom is -0.373 e. The number of nitrogens with two attached hydrogens (primary N) is 1. The van der Waals surface area contributed by atoms with E-state index >= 15 is 0 Å². The maximum atomic E-state index is 5.66. The number of rotatable bonds is 2. The lowest BCUT2D eigenvalue weighted by atomic mass is 10.2. The van der Waals surface area contributed by atoms with Gasteiger partial charge in [-0.2, -0.15) is 0 Å². The van der Waals surface area contributed by atoms with Crippen molar-refractivity contribution in [2.45, 2.75) is 32.9 Å². The Morgan fingerprint density at radius 2 is 2.24 bits per heavy atom. The fourth-order valence-electron chi connectivity index (χ4n) is 2.12. The number of aryl methyl sites for hydroxylation is 2. The third-order valence-electron chi connectivity index (χ3n) is 3.02. The Hall–Kier alpha value is -1.20. The Balaban J connectivity index is 2.24. The number of hydrogen-bond acceptors (Lipinski definition) is 5. The van der Waals surface area contributed by atoms with Crippen LogP contribution in [0.3, 0.4) is 0 Å². The van der Waals surface area contributed by atoms with Crippen LogP contribution in [0.15, 0.2) is 6.07 Å². The number of ether oxygens (including phenoxy) is 1. The van der Waals surface area contributed by atoms with E-state index in [1.54, 1.807) is 0 Å². The predicted molar refractivity (Wildman–Crippen MR) is 67.1 cm³/mol. The predicted octanol–water partition coefficient (Wildman–Crippen LogP) is 0.646. The Morgan fingerprint density at radius 1 is 1.47 bits per heavy atom. The highest BCUT2D eigenvalue weighted by molar-refractivity contribution is 5.41. The summed E-state index contributed by atoms with van der Waals surface area (Å²) in [6.07, 6.45) is 0.0989. The largest absolute Gasteiger partial charge is 0.373 e. The van der Waals surface area contributed by atoms with E-state index in [0.717, 1.165) is 23.9 Å². The molecule has 1 aliphatic heterocycles. The molecule has 1 aromatic rings. The van der Waals surface area contributed by atoms with Crippen LogP contribution in [-0.4, -0.2) is 41.8 Å². The zero-order chi connectivity index (χ0) is 12.4. The van der Waals surface area contributed by atoms with E-state index in [1.807, 2.05) is 19.9 Å². The van der Waals surface area contributed by atoms with E-state index in [2.05, 4.69) is 21.8 Å². The quantitative estimate of drug-likeness (QED) is 0.816. The van der Waals surface area contributed by atoms with Crippen LogP contribution in [-0.2, 0) is 4.74 Å². The van der Waals surface area contributed by atoms with E-state index in [4.69, 9.17) is 10.5 Å². The molecule has 17 heavy (non-hydrogen) atoms. The Labute approximate surface area is 102 Å². The van der Waals surface area contributed by atoms with Crippen molar-refractivity contribution in [2.75, 3.05) is 24.6 Å². The average Bonchev–Trinajstić information content (AvgIpc) is 2.28. The molecule has 2 N–H and O–H groups in total. The minimum absolute atomic E-state index is 0.0989. The van der Waals surface area contributed by atoms with E-state index in [1.165, 1.54) is 0 Å². The van der Waals surface area contributed by atoms with Crippen molar-refractivity contribution in [1.29, 1.82) is 0 Å². The summed E-state index contributed by atoms with van der Waals surface area (Å²) in [5.41, 5.74) is 6.66. The van der Waals surface area contributed by atoms with Crippen LogP contribution in [0, 0.1) is 13.8 Å². The molecular weight excluding hydrogens is 216 g/mol. The van der Waals surface area contributed by atoms with Crippen molar-refractivity contribution in [2.24, 2.45) is 5.73 Å². The monoisotopic (exact) mass is 236 g/mol. The van der Waals surface area contributed by atoms with Crippen molar-refractivity contribution in [3.05, 3.63) is 17.6 Å². The van der Waals surface area contributed by atoms with Gasteiger partial charge in [0.25, 0.3) is 0 Å². The van der Waals surface area contributed by atoms with Gasteiger partial charge in [-0.05, 0) is 20.8 Å². The molecule has 2 unspecified atom stereocenters. The van der Waals surface area contributed by atoms with Gasteiger partial charge in [-0.15, -0.1) is 0 Å². The second-order valence-electron chi connectivity index (χ2n) is 4.61. The molecule has 1 aromatic heterocycles. The van der Waals surface area contributed by atoms with E-state index in [-0.39, 0.29) is 6.10 Å². The van der Waals surface area contributed by atoms with Crippen molar-refractivity contribution in [1.82, 2.24) is 9.97 Å². The Kier molecular flexibility index (Phi) is 3.59. The van der Waals surface area contributed by atoms with Crippen LogP contribution in [0.4, 0.5) is 5.82 Å². The fourth-order valence-corrected chi connectivity index (χ4v) is 2.12. The molecule has 0 saturated carbocycles. The summed E-state index contributed by atoms with van der Waals surface area (Å²) in [5.74, 6) is 1.78. The molecule has 0 radical (unpaired) electrons. The standard InChI is InChI=1S/C12H20N4O/c1-8-4-12(15-10(3)14-8)16-6-11(5-13)17-7-9(16)2/h4,9,11H,5-7,13H2,1-3H3. The highest BCUT2D eigenvalue weighted by Gasteiger charge is 2.26. The maximum absolute atomic E-state index is 5.66. The zero-order valence-corrected chi connectivity index (χ0v) is 10.7. The molecule has 5 heteroatoms. The summed E-state index contributed by atoms with van der Waals surface area (Å²) in [6, 6.07) is 2.34. The summed E-state index contributed by atoms with van der Waals surface area (Å²) >= 11 is 0. The first-order valence-corrected chi connectivity index (χ1v) is 6.00. The molecule has 0 bridgehead atoms. The van der Waals surface area contributed by atoms with Crippen LogP contribution < -0.4 is 10.6 Å². The van der Waals surface area contributed by atoms with Gasteiger partial charge in [0.05, 0.1) is 18.8 Å². The van der Waals surface area contributed by atoms with Gasteiger partial charge in [0.15, 0.2) is 0 Å². The van der Waals surface area contributed by atoms with Gasteiger partial charge in [0.1, 0.15) is 11.6 Å². The normalized spacial score (nSPS) is 25.1. The lowest BCUT2D eigenvalue weighted by molar-refractivity contribution is 0.0280. The Morgan fingerprint density at radius 3 is 2.88 bits per heavy atom. The fraction of sp³-hybridized carbons (Fsp3) is 0.667. The van der Waals surface area contributed by atoms with Crippen molar-refractivity contribution >= 4 is 5.82 Å². The van der Waals surface area contributed by atoms with Gasteiger partial charge in [0.2, 0.25) is 0 Å². The lowest BCUT2D eigenvalue weighted by Gasteiger charge is -2.38. The number of hydrogen-bond donors (Lipinski definition) is 1. The zero-order valence-electron chi connectivity index (χ0n) is 10.7.